The number of para-hydroxylation sites is 1. The first-order valence-corrected chi connectivity index (χ1v) is 7.71. The maximum absolute atomic E-state index is 13.5. The summed E-state index contributed by atoms with van der Waals surface area (Å²) < 4.78 is 45.8. The summed E-state index contributed by atoms with van der Waals surface area (Å²) in [5.74, 6) is -1.88. The number of ether oxygens (including phenoxy) is 1. The van der Waals surface area contributed by atoms with Gasteiger partial charge in [-0.3, -0.25) is 4.79 Å². The molecule has 0 bridgehead atoms. The van der Waals surface area contributed by atoms with Crippen LogP contribution >= 0.6 is 0 Å². The first-order valence-electron chi connectivity index (χ1n) is 7.71. The van der Waals surface area contributed by atoms with Gasteiger partial charge in [-0.1, -0.05) is 24.6 Å². The highest BCUT2D eigenvalue weighted by atomic mass is 19.4. The van der Waals surface area contributed by atoms with E-state index < -0.39 is 30.3 Å². The van der Waals surface area contributed by atoms with Gasteiger partial charge in [0.05, 0.1) is 5.92 Å². The lowest BCUT2D eigenvalue weighted by molar-refractivity contribution is -0.317. The zero-order valence-corrected chi connectivity index (χ0v) is 12.8. The van der Waals surface area contributed by atoms with Gasteiger partial charge in [-0.05, 0) is 31.4 Å². The van der Waals surface area contributed by atoms with Crippen molar-refractivity contribution in [3.8, 4) is 5.75 Å². The molecule has 24 heavy (non-hydrogen) atoms. The second-order valence-electron chi connectivity index (χ2n) is 5.92. The van der Waals surface area contributed by atoms with Crippen LogP contribution in [0.1, 0.15) is 25.7 Å². The molecule has 0 radical (unpaired) electrons. The molecule has 1 aliphatic heterocycles. The van der Waals surface area contributed by atoms with Crippen molar-refractivity contribution in [3.05, 3.63) is 30.3 Å². The molecule has 0 spiro atoms. The molecule has 0 saturated heterocycles. The first-order chi connectivity index (χ1) is 11.3. The number of alkyl halides is 3. The second-order valence-corrected chi connectivity index (χ2v) is 5.92. The summed E-state index contributed by atoms with van der Waals surface area (Å²) >= 11 is 0. The molecule has 1 aromatic rings. The van der Waals surface area contributed by atoms with Gasteiger partial charge in [0, 0.05) is 5.71 Å². The average Bonchev–Trinajstić information content (AvgIpc) is 2.88. The minimum Gasteiger partial charge on any atom is -0.484 e. The molecule has 1 aliphatic carbocycles. The van der Waals surface area contributed by atoms with Crippen LogP contribution in [0, 0.1) is 5.92 Å². The Kier molecular flexibility index (Phi) is 4.25. The van der Waals surface area contributed by atoms with E-state index in [-0.39, 0.29) is 17.1 Å². The number of carbonyl (C=O) groups is 1. The summed E-state index contributed by atoms with van der Waals surface area (Å²) in [6, 6.07) is 8.26. The van der Waals surface area contributed by atoms with E-state index in [0.29, 0.717) is 25.0 Å². The van der Waals surface area contributed by atoms with E-state index in [4.69, 9.17) is 4.74 Å². The minimum absolute atomic E-state index is 0.151. The van der Waals surface area contributed by atoms with E-state index in [1.807, 2.05) is 0 Å². The number of fused-ring (bicyclic) bond motifs is 1. The monoisotopic (exact) mass is 342 g/mol. The largest absolute Gasteiger partial charge is 0.484 e. The number of halogens is 3. The van der Waals surface area contributed by atoms with E-state index in [0.717, 1.165) is 0 Å². The SMILES string of the molecule is O=C(COc1ccccc1)N1N=C2CCCC[C@@H]2[C@]1(O)C(F)(F)F. The van der Waals surface area contributed by atoms with E-state index >= 15 is 0 Å². The number of hydrazone groups is 1. The summed E-state index contributed by atoms with van der Waals surface area (Å²) in [5.41, 5.74) is -3.06. The quantitative estimate of drug-likeness (QED) is 0.919. The number of nitrogens with zero attached hydrogens (tertiary/aromatic N) is 2. The Morgan fingerprint density at radius 1 is 1.33 bits per heavy atom. The van der Waals surface area contributed by atoms with E-state index in [1.54, 1.807) is 30.3 Å². The van der Waals surface area contributed by atoms with Gasteiger partial charge in [0.15, 0.2) is 6.61 Å². The van der Waals surface area contributed by atoms with Gasteiger partial charge in [0.25, 0.3) is 11.6 Å². The van der Waals surface area contributed by atoms with Crippen LogP contribution in [-0.4, -0.2) is 40.2 Å². The van der Waals surface area contributed by atoms with Gasteiger partial charge in [-0.2, -0.15) is 23.3 Å². The summed E-state index contributed by atoms with van der Waals surface area (Å²) in [6.45, 7) is -0.633. The van der Waals surface area contributed by atoms with Gasteiger partial charge in [0.1, 0.15) is 5.75 Å². The molecule has 1 fully saturated rings. The van der Waals surface area contributed by atoms with Crippen LogP contribution in [0.25, 0.3) is 0 Å². The zero-order valence-electron chi connectivity index (χ0n) is 12.8. The number of rotatable bonds is 3. The highest BCUT2D eigenvalue weighted by Gasteiger charge is 2.68. The van der Waals surface area contributed by atoms with E-state index in [2.05, 4.69) is 5.10 Å². The molecule has 3 rings (SSSR count). The third-order valence-corrected chi connectivity index (χ3v) is 4.37. The summed E-state index contributed by atoms with van der Waals surface area (Å²) in [5, 5.41) is 14.3. The number of aliphatic hydroxyl groups is 1. The molecule has 1 saturated carbocycles. The molecular weight excluding hydrogens is 325 g/mol. The predicted molar refractivity (Wildman–Crippen MR) is 79.2 cm³/mol. The lowest BCUT2D eigenvalue weighted by atomic mass is 9.80. The molecule has 0 aromatic heterocycles. The molecule has 2 atom stereocenters. The third-order valence-electron chi connectivity index (χ3n) is 4.37. The van der Waals surface area contributed by atoms with Gasteiger partial charge in [0.2, 0.25) is 0 Å². The lowest BCUT2D eigenvalue weighted by Crippen LogP contribution is -2.62. The molecule has 1 N–H and O–H groups in total. The minimum atomic E-state index is -5.00. The van der Waals surface area contributed by atoms with Crippen LogP contribution in [0.2, 0.25) is 0 Å². The Bertz CT molecular complexity index is 648. The molecule has 8 heteroatoms. The summed E-state index contributed by atoms with van der Waals surface area (Å²) in [6.07, 6.45) is -3.23. The number of amides is 1. The average molecular weight is 342 g/mol. The maximum Gasteiger partial charge on any atom is 0.439 e. The van der Waals surface area contributed by atoms with E-state index in [9.17, 15) is 23.1 Å². The van der Waals surface area contributed by atoms with Crippen LogP contribution in [0.5, 0.6) is 5.75 Å². The van der Waals surface area contributed by atoms with Crippen LogP contribution in [-0.2, 0) is 4.79 Å². The Morgan fingerprint density at radius 3 is 2.71 bits per heavy atom. The summed E-state index contributed by atoms with van der Waals surface area (Å²) in [4.78, 5) is 12.3. The van der Waals surface area contributed by atoms with Gasteiger partial charge >= 0.3 is 6.18 Å². The maximum atomic E-state index is 13.5. The molecule has 2 aliphatic rings. The van der Waals surface area contributed by atoms with Crippen LogP contribution in [0.3, 0.4) is 0 Å². The predicted octanol–water partition coefficient (Wildman–Crippen LogP) is 2.70. The fraction of sp³-hybridized carbons (Fsp3) is 0.500. The van der Waals surface area contributed by atoms with E-state index in [1.165, 1.54) is 0 Å². The van der Waals surface area contributed by atoms with Crippen molar-refractivity contribution in [2.24, 2.45) is 11.0 Å². The number of benzene rings is 1. The topological polar surface area (TPSA) is 62.1 Å². The Labute approximate surface area is 136 Å². The summed E-state index contributed by atoms with van der Waals surface area (Å²) in [7, 11) is 0. The van der Waals surface area contributed by atoms with Crippen molar-refractivity contribution in [3.63, 3.8) is 0 Å². The third kappa shape index (κ3) is 2.75. The van der Waals surface area contributed by atoms with Crippen molar-refractivity contribution in [2.75, 3.05) is 6.61 Å². The number of hydrogen-bond acceptors (Lipinski definition) is 4. The highest BCUT2D eigenvalue weighted by molar-refractivity contribution is 5.93. The number of carbonyl (C=O) groups excluding carboxylic acids is 1. The van der Waals surface area contributed by atoms with Crippen molar-refractivity contribution in [1.82, 2.24) is 5.01 Å². The van der Waals surface area contributed by atoms with Crippen molar-refractivity contribution in [1.29, 1.82) is 0 Å². The normalized spacial score (nSPS) is 26.8. The molecule has 1 heterocycles. The Balaban J connectivity index is 1.81. The second kappa shape index (κ2) is 6.08. The van der Waals surface area contributed by atoms with Crippen LogP contribution in [0.15, 0.2) is 35.4 Å². The van der Waals surface area contributed by atoms with Gasteiger partial charge in [-0.25, -0.2) is 0 Å². The molecule has 1 amide bonds. The van der Waals surface area contributed by atoms with Gasteiger partial charge < -0.3 is 9.84 Å². The van der Waals surface area contributed by atoms with Crippen LogP contribution < -0.4 is 4.74 Å². The lowest BCUT2D eigenvalue weighted by Gasteiger charge is -2.38. The fourth-order valence-corrected chi connectivity index (χ4v) is 3.19. The standard InChI is InChI=1S/C16H17F3N2O3/c17-16(18,19)15(23)12-8-4-5-9-13(12)20-21(15)14(22)10-24-11-6-2-1-3-7-11/h1-3,6-7,12,23H,4-5,8-10H2/t12-,15-/m0/s1. The fourth-order valence-electron chi connectivity index (χ4n) is 3.19. The zero-order chi connectivity index (χ0) is 17.4. The highest BCUT2D eigenvalue weighted by Crippen LogP contribution is 2.48. The van der Waals surface area contributed by atoms with Crippen molar-refractivity contribution < 1.29 is 27.8 Å². The Hall–Kier alpha value is -2.09. The first kappa shape index (κ1) is 16.8. The smallest absolute Gasteiger partial charge is 0.439 e. The Morgan fingerprint density at radius 2 is 2.04 bits per heavy atom. The van der Waals surface area contributed by atoms with Crippen molar-refractivity contribution in [2.45, 2.75) is 37.6 Å². The van der Waals surface area contributed by atoms with Crippen LogP contribution in [0.4, 0.5) is 13.2 Å². The molecule has 130 valence electrons. The molecule has 1 aromatic carbocycles. The molecular formula is C16H17F3N2O3. The molecule has 0 unspecified atom stereocenters. The molecule has 5 nitrogen and oxygen atoms in total. The van der Waals surface area contributed by atoms with Gasteiger partial charge in [-0.15, -0.1) is 0 Å². The number of hydrogen-bond donors (Lipinski definition) is 1. The van der Waals surface area contributed by atoms with Crippen molar-refractivity contribution >= 4 is 11.6 Å².